The van der Waals surface area contributed by atoms with Crippen molar-refractivity contribution in [3.8, 4) is 0 Å². The standard InChI is InChI=1S/C15H19NO3/c1-9-5-10(2)7-12(6-9)14(17)16-13-4-3-11(8-13)15(18)19/h5-7,11,13H,3-4,8H2,1-2H3,(H,16,17)(H,18,19). The molecule has 1 amide bonds. The van der Waals surface area contributed by atoms with Crippen molar-refractivity contribution in [1.82, 2.24) is 5.32 Å². The molecule has 0 heterocycles. The first-order chi connectivity index (χ1) is 8.95. The van der Waals surface area contributed by atoms with E-state index in [-0.39, 0.29) is 17.9 Å². The Hall–Kier alpha value is -1.84. The van der Waals surface area contributed by atoms with Gasteiger partial charge < -0.3 is 10.4 Å². The van der Waals surface area contributed by atoms with Gasteiger partial charge in [0.25, 0.3) is 5.91 Å². The highest BCUT2D eigenvalue weighted by molar-refractivity contribution is 5.94. The number of amides is 1. The molecule has 2 N–H and O–H groups in total. The summed E-state index contributed by atoms with van der Waals surface area (Å²) in [6.07, 6.45) is 1.92. The molecule has 0 spiro atoms. The van der Waals surface area contributed by atoms with Gasteiger partial charge in [0.2, 0.25) is 0 Å². The second-order valence-electron chi connectivity index (χ2n) is 5.39. The lowest BCUT2D eigenvalue weighted by Crippen LogP contribution is -2.33. The third kappa shape index (κ3) is 3.34. The zero-order chi connectivity index (χ0) is 14.0. The van der Waals surface area contributed by atoms with E-state index in [0.29, 0.717) is 18.4 Å². The van der Waals surface area contributed by atoms with E-state index in [1.807, 2.05) is 32.0 Å². The number of aliphatic carboxylic acids is 1. The molecule has 2 atom stereocenters. The maximum atomic E-state index is 12.1. The molecule has 4 nitrogen and oxygen atoms in total. The van der Waals surface area contributed by atoms with Crippen LogP contribution in [0.3, 0.4) is 0 Å². The zero-order valence-corrected chi connectivity index (χ0v) is 11.3. The topological polar surface area (TPSA) is 66.4 Å². The molecule has 2 rings (SSSR count). The second-order valence-corrected chi connectivity index (χ2v) is 5.39. The summed E-state index contributed by atoms with van der Waals surface area (Å²) in [5, 5.41) is 11.9. The number of hydrogen-bond donors (Lipinski definition) is 2. The summed E-state index contributed by atoms with van der Waals surface area (Å²) < 4.78 is 0. The minimum atomic E-state index is -0.761. The number of carboxylic acid groups (broad SMARTS) is 1. The third-order valence-electron chi connectivity index (χ3n) is 3.60. The average Bonchev–Trinajstić information content (AvgIpc) is 2.76. The summed E-state index contributed by atoms with van der Waals surface area (Å²) in [6, 6.07) is 5.71. The van der Waals surface area contributed by atoms with Gasteiger partial charge in [-0.1, -0.05) is 17.2 Å². The van der Waals surface area contributed by atoms with Crippen LogP contribution in [0.1, 0.15) is 40.7 Å². The van der Waals surface area contributed by atoms with E-state index in [1.54, 1.807) is 0 Å². The smallest absolute Gasteiger partial charge is 0.306 e. The Balaban J connectivity index is 2.00. The van der Waals surface area contributed by atoms with Crippen LogP contribution in [0.15, 0.2) is 18.2 Å². The molecule has 0 saturated heterocycles. The molecule has 1 aromatic carbocycles. The van der Waals surface area contributed by atoms with Gasteiger partial charge in [-0.05, 0) is 45.2 Å². The van der Waals surface area contributed by atoms with Crippen molar-refractivity contribution in [2.75, 3.05) is 0 Å². The molecular formula is C15H19NO3. The normalized spacial score (nSPS) is 22.2. The van der Waals surface area contributed by atoms with Crippen LogP contribution in [0.4, 0.5) is 0 Å². The van der Waals surface area contributed by atoms with Gasteiger partial charge in [-0.25, -0.2) is 0 Å². The van der Waals surface area contributed by atoms with Crippen molar-refractivity contribution in [3.05, 3.63) is 34.9 Å². The zero-order valence-electron chi connectivity index (χ0n) is 11.3. The van der Waals surface area contributed by atoms with E-state index in [2.05, 4.69) is 5.32 Å². The van der Waals surface area contributed by atoms with Gasteiger partial charge in [0.15, 0.2) is 0 Å². The van der Waals surface area contributed by atoms with Crippen molar-refractivity contribution in [1.29, 1.82) is 0 Å². The Morgan fingerprint density at radius 1 is 1.16 bits per heavy atom. The number of benzene rings is 1. The van der Waals surface area contributed by atoms with Gasteiger partial charge in [-0.15, -0.1) is 0 Å². The summed E-state index contributed by atoms with van der Waals surface area (Å²) in [6.45, 7) is 3.92. The van der Waals surface area contributed by atoms with Crippen LogP contribution in [0.25, 0.3) is 0 Å². The molecule has 0 aliphatic heterocycles. The molecule has 1 aliphatic carbocycles. The first kappa shape index (κ1) is 13.6. The van der Waals surface area contributed by atoms with Crippen molar-refractivity contribution >= 4 is 11.9 Å². The SMILES string of the molecule is Cc1cc(C)cc(C(=O)NC2CCC(C(=O)O)C2)c1. The number of aryl methyl sites for hydroxylation is 2. The van der Waals surface area contributed by atoms with Gasteiger partial charge in [0, 0.05) is 11.6 Å². The van der Waals surface area contributed by atoms with E-state index in [1.165, 1.54) is 0 Å². The number of rotatable bonds is 3. The van der Waals surface area contributed by atoms with Gasteiger partial charge in [0.1, 0.15) is 0 Å². The van der Waals surface area contributed by atoms with Gasteiger partial charge >= 0.3 is 5.97 Å². The summed E-state index contributed by atoms with van der Waals surface area (Å²) in [5.41, 5.74) is 2.76. The van der Waals surface area contributed by atoms with Crippen molar-refractivity contribution in [2.24, 2.45) is 5.92 Å². The molecule has 1 saturated carbocycles. The summed E-state index contributed by atoms with van der Waals surface area (Å²) in [4.78, 5) is 23.0. The molecule has 19 heavy (non-hydrogen) atoms. The quantitative estimate of drug-likeness (QED) is 0.877. The Morgan fingerprint density at radius 3 is 2.32 bits per heavy atom. The highest BCUT2D eigenvalue weighted by atomic mass is 16.4. The number of nitrogens with one attached hydrogen (secondary N) is 1. The van der Waals surface area contributed by atoms with Crippen LogP contribution >= 0.6 is 0 Å². The van der Waals surface area contributed by atoms with Crippen LogP contribution in [0.5, 0.6) is 0 Å². The average molecular weight is 261 g/mol. The van der Waals surface area contributed by atoms with Crippen LogP contribution in [-0.4, -0.2) is 23.0 Å². The third-order valence-corrected chi connectivity index (χ3v) is 3.60. The Morgan fingerprint density at radius 2 is 1.79 bits per heavy atom. The molecule has 1 aliphatic rings. The van der Waals surface area contributed by atoms with E-state index >= 15 is 0 Å². The highest BCUT2D eigenvalue weighted by Crippen LogP contribution is 2.26. The fourth-order valence-electron chi connectivity index (χ4n) is 2.71. The van der Waals surface area contributed by atoms with Crippen LogP contribution < -0.4 is 5.32 Å². The Bertz CT molecular complexity index is 490. The molecule has 0 bridgehead atoms. The minimum Gasteiger partial charge on any atom is -0.481 e. The molecule has 1 fully saturated rings. The maximum absolute atomic E-state index is 12.1. The summed E-state index contributed by atoms with van der Waals surface area (Å²) in [5.74, 6) is -1.18. The van der Waals surface area contributed by atoms with Gasteiger partial charge in [-0.2, -0.15) is 0 Å². The van der Waals surface area contributed by atoms with Gasteiger partial charge in [0.05, 0.1) is 5.92 Å². The molecule has 4 heteroatoms. The Labute approximate surface area is 112 Å². The lowest BCUT2D eigenvalue weighted by molar-refractivity contribution is -0.141. The maximum Gasteiger partial charge on any atom is 0.306 e. The predicted molar refractivity (Wildman–Crippen MR) is 72.1 cm³/mol. The number of hydrogen-bond acceptors (Lipinski definition) is 2. The van der Waals surface area contributed by atoms with E-state index in [0.717, 1.165) is 17.5 Å². The van der Waals surface area contributed by atoms with E-state index in [4.69, 9.17) is 5.11 Å². The van der Waals surface area contributed by atoms with Crippen molar-refractivity contribution < 1.29 is 14.7 Å². The highest BCUT2D eigenvalue weighted by Gasteiger charge is 2.30. The number of carboxylic acids is 1. The van der Waals surface area contributed by atoms with Crippen molar-refractivity contribution in [2.45, 2.75) is 39.2 Å². The monoisotopic (exact) mass is 261 g/mol. The van der Waals surface area contributed by atoms with Gasteiger partial charge in [-0.3, -0.25) is 9.59 Å². The van der Waals surface area contributed by atoms with Crippen molar-refractivity contribution in [3.63, 3.8) is 0 Å². The second kappa shape index (κ2) is 5.43. The van der Waals surface area contributed by atoms with Crippen LogP contribution in [0.2, 0.25) is 0 Å². The minimum absolute atomic E-state index is 0.0191. The lowest BCUT2D eigenvalue weighted by atomic mass is 10.1. The molecular weight excluding hydrogens is 242 g/mol. The number of carbonyl (C=O) groups excluding carboxylic acids is 1. The predicted octanol–water partition coefficient (Wildman–Crippen LogP) is 2.29. The first-order valence-electron chi connectivity index (χ1n) is 6.57. The first-order valence-corrected chi connectivity index (χ1v) is 6.57. The summed E-state index contributed by atoms with van der Waals surface area (Å²) in [7, 11) is 0. The van der Waals surface area contributed by atoms with E-state index in [9.17, 15) is 9.59 Å². The number of carbonyl (C=O) groups is 2. The molecule has 102 valence electrons. The fourth-order valence-corrected chi connectivity index (χ4v) is 2.71. The largest absolute Gasteiger partial charge is 0.481 e. The molecule has 0 aromatic heterocycles. The fraction of sp³-hybridized carbons (Fsp3) is 0.467. The lowest BCUT2D eigenvalue weighted by Gasteiger charge is -2.13. The molecule has 2 unspecified atom stereocenters. The van der Waals surface area contributed by atoms with Crippen LogP contribution in [0, 0.1) is 19.8 Å². The Kier molecular flexibility index (Phi) is 3.88. The molecule has 0 radical (unpaired) electrons. The van der Waals surface area contributed by atoms with E-state index < -0.39 is 5.97 Å². The van der Waals surface area contributed by atoms with Crippen LogP contribution in [-0.2, 0) is 4.79 Å². The molecule has 1 aromatic rings. The summed E-state index contributed by atoms with van der Waals surface area (Å²) >= 11 is 0.